The van der Waals surface area contributed by atoms with Crippen LogP contribution in [0.15, 0.2) is 40.5 Å². The summed E-state index contributed by atoms with van der Waals surface area (Å²) < 4.78 is 10.6. The molecule has 0 bridgehead atoms. The number of nitrogens with zero attached hydrogens (tertiary/aromatic N) is 2. The van der Waals surface area contributed by atoms with Gasteiger partial charge in [0.15, 0.2) is 5.17 Å². The first-order valence-corrected chi connectivity index (χ1v) is 8.64. The number of thioether (sulfide) groups is 1. The number of benzene rings is 1. The third kappa shape index (κ3) is 2.95. The predicted molar refractivity (Wildman–Crippen MR) is 91.7 cm³/mol. The number of ether oxygens (including phenoxy) is 2. The first kappa shape index (κ1) is 15.9. The molecule has 0 spiro atoms. The number of carbonyl (C=O) groups excluding carboxylic acids is 1. The molecule has 1 aromatic carbocycles. The summed E-state index contributed by atoms with van der Waals surface area (Å²) in [6, 6.07) is 7.67. The molecule has 3 rings (SSSR count). The third-order valence-corrected chi connectivity index (χ3v) is 4.92. The lowest BCUT2D eigenvalue weighted by molar-refractivity contribution is -0.139. The molecule has 23 heavy (non-hydrogen) atoms. The lowest BCUT2D eigenvalue weighted by Gasteiger charge is -2.34. The van der Waals surface area contributed by atoms with Gasteiger partial charge in [0.25, 0.3) is 0 Å². The fourth-order valence-electron chi connectivity index (χ4n) is 2.93. The lowest BCUT2D eigenvalue weighted by atomic mass is 9.94. The number of amidine groups is 1. The Morgan fingerprint density at radius 3 is 3.04 bits per heavy atom. The number of esters is 1. The summed E-state index contributed by atoms with van der Waals surface area (Å²) >= 11 is 1.72. The number of carbonyl (C=O) groups is 1. The van der Waals surface area contributed by atoms with Crippen molar-refractivity contribution in [1.82, 2.24) is 4.90 Å². The Kier molecular flexibility index (Phi) is 4.61. The first-order chi connectivity index (χ1) is 11.2. The normalized spacial score (nSPS) is 20.2. The second kappa shape index (κ2) is 6.66. The smallest absolute Gasteiger partial charge is 0.338 e. The van der Waals surface area contributed by atoms with E-state index in [1.54, 1.807) is 18.9 Å². The molecular formula is C17H20N2O3S. The highest BCUT2D eigenvalue weighted by molar-refractivity contribution is 8.14. The van der Waals surface area contributed by atoms with Crippen LogP contribution in [0, 0.1) is 0 Å². The maximum Gasteiger partial charge on any atom is 0.338 e. The van der Waals surface area contributed by atoms with E-state index in [1.165, 1.54) is 0 Å². The van der Waals surface area contributed by atoms with E-state index in [-0.39, 0.29) is 12.0 Å². The van der Waals surface area contributed by atoms with Crippen LogP contribution in [0.4, 0.5) is 0 Å². The molecule has 2 heterocycles. The molecule has 0 radical (unpaired) electrons. The Balaban J connectivity index is 2.08. The van der Waals surface area contributed by atoms with Gasteiger partial charge in [-0.05, 0) is 31.5 Å². The fraction of sp³-hybridized carbons (Fsp3) is 0.412. The van der Waals surface area contributed by atoms with E-state index >= 15 is 0 Å². The van der Waals surface area contributed by atoms with Gasteiger partial charge in [0.2, 0.25) is 0 Å². The Labute approximate surface area is 140 Å². The Hall–Kier alpha value is -1.95. The van der Waals surface area contributed by atoms with E-state index in [1.807, 2.05) is 38.1 Å². The Morgan fingerprint density at radius 2 is 2.30 bits per heavy atom. The van der Waals surface area contributed by atoms with Gasteiger partial charge in [-0.1, -0.05) is 23.9 Å². The molecule has 2 aliphatic heterocycles. The molecule has 0 aromatic heterocycles. The molecule has 1 atom stereocenters. The Bertz CT molecular complexity index is 684. The molecule has 1 saturated heterocycles. The van der Waals surface area contributed by atoms with Crippen LogP contribution in [0.5, 0.6) is 5.75 Å². The average molecular weight is 332 g/mol. The van der Waals surface area contributed by atoms with Crippen LogP contribution in [0.2, 0.25) is 0 Å². The molecule has 0 amide bonds. The van der Waals surface area contributed by atoms with E-state index in [2.05, 4.69) is 9.89 Å². The highest BCUT2D eigenvalue weighted by Crippen LogP contribution is 2.41. The summed E-state index contributed by atoms with van der Waals surface area (Å²) in [5.41, 5.74) is 2.37. The van der Waals surface area contributed by atoms with Gasteiger partial charge in [-0.25, -0.2) is 9.79 Å². The number of fused-ring (bicyclic) bond motifs is 1. The third-order valence-electron chi connectivity index (χ3n) is 3.95. The summed E-state index contributed by atoms with van der Waals surface area (Å²) in [5, 5.41) is 0.975. The minimum absolute atomic E-state index is 0.174. The van der Waals surface area contributed by atoms with Crippen LogP contribution < -0.4 is 4.74 Å². The van der Waals surface area contributed by atoms with Crippen molar-refractivity contribution in [2.75, 3.05) is 26.0 Å². The standard InChI is InChI=1S/C17H20N2O3S/c1-4-22-16(20)14-11(2)18-17-19(8-9-23-17)15(14)12-6-5-7-13(10-12)21-3/h5-7,10,15H,4,8-9H2,1-3H3/t15-/m0/s1. The largest absolute Gasteiger partial charge is 0.497 e. The van der Waals surface area contributed by atoms with Crippen LogP contribution in [0.3, 0.4) is 0 Å². The van der Waals surface area contributed by atoms with Crippen molar-refractivity contribution < 1.29 is 14.3 Å². The quantitative estimate of drug-likeness (QED) is 0.794. The molecular weight excluding hydrogens is 312 g/mol. The van der Waals surface area contributed by atoms with Crippen molar-refractivity contribution in [2.45, 2.75) is 19.9 Å². The van der Waals surface area contributed by atoms with Crippen molar-refractivity contribution in [3.05, 3.63) is 41.1 Å². The first-order valence-electron chi connectivity index (χ1n) is 7.65. The minimum Gasteiger partial charge on any atom is -0.497 e. The summed E-state index contributed by atoms with van der Waals surface area (Å²) in [7, 11) is 1.64. The molecule has 0 N–H and O–H groups in total. The van der Waals surface area contributed by atoms with Gasteiger partial charge in [-0.3, -0.25) is 0 Å². The van der Waals surface area contributed by atoms with E-state index in [9.17, 15) is 4.79 Å². The minimum atomic E-state index is -0.294. The fourth-order valence-corrected chi connectivity index (χ4v) is 3.97. The SMILES string of the molecule is CCOC(=O)C1=C(C)N=C2SCCN2[C@H]1c1cccc(OC)c1. The molecule has 0 saturated carbocycles. The lowest BCUT2D eigenvalue weighted by Crippen LogP contribution is -2.36. The highest BCUT2D eigenvalue weighted by Gasteiger charge is 2.38. The number of hydrogen-bond donors (Lipinski definition) is 0. The summed E-state index contributed by atoms with van der Waals surface area (Å²) in [6.45, 7) is 4.91. The van der Waals surface area contributed by atoms with Crippen molar-refractivity contribution in [1.29, 1.82) is 0 Å². The molecule has 1 aromatic rings. The van der Waals surface area contributed by atoms with E-state index in [0.29, 0.717) is 12.2 Å². The summed E-state index contributed by atoms with van der Waals surface area (Å²) in [4.78, 5) is 19.3. The second-order valence-electron chi connectivity index (χ2n) is 5.33. The molecule has 5 nitrogen and oxygen atoms in total. The number of allylic oxidation sites excluding steroid dienone is 1. The van der Waals surface area contributed by atoms with Crippen LogP contribution in [-0.2, 0) is 9.53 Å². The number of methoxy groups -OCH3 is 1. The molecule has 6 heteroatoms. The zero-order valence-electron chi connectivity index (χ0n) is 13.5. The predicted octanol–water partition coefficient (Wildman–Crippen LogP) is 2.99. The summed E-state index contributed by atoms with van der Waals surface area (Å²) in [6.07, 6.45) is 0. The second-order valence-corrected chi connectivity index (χ2v) is 6.40. The number of hydrogen-bond acceptors (Lipinski definition) is 6. The zero-order valence-corrected chi connectivity index (χ0v) is 14.4. The molecule has 122 valence electrons. The van der Waals surface area contributed by atoms with Crippen molar-refractivity contribution >= 4 is 22.9 Å². The highest BCUT2D eigenvalue weighted by atomic mass is 32.2. The van der Waals surface area contributed by atoms with Crippen molar-refractivity contribution in [2.24, 2.45) is 4.99 Å². The van der Waals surface area contributed by atoms with E-state index in [4.69, 9.17) is 9.47 Å². The molecule has 0 unspecified atom stereocenters. The maximum atomic E-state index is 12.5. The average Bonchev–Trinajstić information content (AvgIpc) is 3.01. The monoisotopic (exact) mass is 332 g/mol. The van der Waals surface area contributed by atoms with Crippen LogP contribution >= 0.6 is 11.8 Å². The van der Waals surface area contributed by atoms with Crippen molar-refractivity contribution in [3.8, 4) is 5.75 Å². The van der Waals surface area contributed by atoms with Crippen LogP contribution in [0.1, 0.15) is 25.5 Å². The van der Waals surface area contributed by atoms with Gasteiger partial charge in [0.1, 0.15) is 5.75 Å². The maximum absolute atomic E-state index is 12.5. The van der Waals surface area contributed by atoms with Gasteiger partial charge < -0.3 is 14.4 Å². The topological polar surface area (TPSA) is 51.1 Å². The number of rotatable bonds is 4. The van der Waals surface area contributed by atoms with Gasteiger partial charge in [0.05, 0.1) is 31.0 Å². The number of aliphatic imine (C=N–C) groups is 1. The molecule has 2 aliphatic rings. The van der Waals surface area contributed by atoms with Gasteiger partial charge in [0, 0.05) is 12.3 Å². The van der Waals surface area contributed by atoms with Crippen molar-refractivity contribution in [3.63, 3.8) is 0 Å². The Morgan fingerprint density at radius 1 is 1.48 bits per heavy atom. The van der Waals surface area contributed by atoms with E-state index in [0.717, 1.165) is 34.5 Å². The van der Waals surface area contributed by atoms with Crippen LogP contribution in [0.25, 0.3) is 0 Å². The van der Waals surface area contributed by atoms with Gasteiger partial charge in [-0.2, -0.15) is 0 Å². The van der Waals surface area contributed by atoms with Gasteiger partial charge in [-0.15, -0.1) is 0 Å². The van der Waals surface area contributed by atoms with E-state index < -0.39 is 0 Å². The zero-order chi connectivity index (χ0) is 16.4. The van der Waals surface area contributed by atoms with Crippen LogP contribution in [-0.4, -0.2) is 42.1 Å². The van der Waals surface area contributed by atoms with Gasteiger partial charge >= 0.3 is 5.97 Å². The molecule has 1 fully saturated rings. The summed E-state index contributed by atoms with van der Waals surface area (Å²) in [5.74, 6) is 1.46. The molecule has 0 aliphatic carbocycles.